The minimum Gasteiger partial charge on any atom is -0.397 e. The van der Waals surface area contributed by atoms with Crippen LogP contribution in [0.5, 0.6) is 0 Å². The third-order valence-corrected chi connectivity index (χ3v) is 3.94. The van der Waals surface area contributed by atoms with Crippen molar-refractivity contribution in [1.82, 2.24) is 0 Å². The predicted molar refractivity (Wildman–Crippen MR) is 81.6 cm³/mol. The summed E-state index contributed by atoms with van der Waals surface area (Å²) < 4.78 is 0. The first-order valence-electron chi connectivity index (χ1n) is 6.82. The van der Waals surface area contributed by atoms with Gasteiger partial charge in [-0.1, -0.05) is 30.3 Å². The molecule has 2 aromatic carbocycles. The highest BCUT2D eigenvalue weighted by molar-refractivity contribution is 6.03. The molecule has 1 aliphatic rings. The van der Waals surface area contributed by atoms with Crippen LogP contribution >= 0.6 is 0 Å². The highest BCUT2D eigenvalue weighted by Crippen LogP contribution is 2.49. The van der Waals surface area contributed by atoms with E-state index in [9.17, 15) is 4.79 Å². The fourth-order valence-electron chi connectivity index (χ4n) is 2.52. The minimum atomic E-state index is -0.429. The van der Waals surface area contributed by atoms with E-state index in [1.165, 1.54) is 0 Å². The van der Waals surface area contributed by atoms with Gasteiger partial charge in [0.1, 0.15) is 0 Å². The Morgan fingerprint density at radius 1 is 1.19 bits per heavy atom. The zero-order chi connectivity index (χ0) is 14.9. The number of nitriles is 1. The molecule has 0 saturated heterocycles. The second-order valence-corrected chi connectivity index (χ2v) is 5.32. The Morgan fingerprint density at radius 2 is 1.90 bits per heavy atom. The molecule has 1 saturated carbocycles. The summed E-state index contributed by atoms with van der Waals surface area (Å²) in [7, 11) is 0. The summed E-state index contributed by atoms with van der Waals surface area (Å²) in [4.78, 5) is 12.6. The summed E-state index contributed by atoms with van der Waals surface area (Å²) >= 11 is 0. The molecule has 4 heteroatoms. The van der Waals surface area contributed by atoms with Gasteiger partial charge in [-0.3, -0.25) is 4.79 Å². The van der Waals surface area contributed by atoms with Crippen molar-refractivity contribution in [3.8, 4) is 6.07 Å². The Bertz CT molecular complexity index is 727. The van der Waals surface area contributed by atoms with Gasteiger partial charge in [0.2, 0.25) is 5.91 Å². The van der Waals surface area contributed by atoms with Crippen LogP contribution in [0.2, 0.25) is 0 Å². The predicted octanol–water partition coefficient (Wildman–Crippen LogP) is 2.81. The van der Waals surface area contributed by atoms with Crippen LogP contribution < -0.4 is 11.1 Å². The van der Waals surface area contributed by atoms with Crippen molar-refractivity contribution in [1.29, 1.82) is 5.26 Å². The molecule has 1 aliphatic carbocycles. The second kappa shape index (κ2) is 4.95. The Kier molecular flexibility index (Phi) is 3.11. The summed E-state index contributed by atoms with van der Waals surface area (Å²) in [6.45, 7) is 0. The standard InChI is InChI=1S/C17H15N3O/c18-11-12-6-7-15(14(19)10-12)20-16(21)17(8-9-17)13-4-2-1-3-5-13/h1-7,10H,8-9,19H2,(H,20,21). The first-order valence-corrected chi connectivity index (χ1v) is 6.82. The molecule has 4 nitrogen and oxygen atoms in total. The first-order chi connectivity index (χ1) is 10.2. The van der Waals surface area contributed by atoms with Gasteiger partial charge in [-0.15, -0.1) is 0 Å². The maximum atomic E-state index is 12.6. The van der Waals surface area contributed by atoms with Crippen molar-refractivity contribution in [3.05, 3.63) is 59.7 Å². The summed E-state index contributed by atoms with van der Waals surface area (Å²) in [5.74, 6) is -0.0369. The van der Waals surface area contributed by atoms with Gasteiger partial charge >= 0.3 is 0 Å². The number of rotatable bonds is 3. The molecule has 3 rings (SSSR count). The fraction of sp³-hybridized carbons (Fsp3) is 0.176. The van der Waals surface area contributed by atoms with Crippen LogP contribution in [0.15, 0.2) is 48.5 Å². The number of carbonyl (C=O) groups excluding carboxylic acids is 1. The van der Waals surface area contributed by atoms with Crippen LogP contribution in [0, 0.1) is 11.3 Å². The number of amides is 1. The van der Waals surface area contributed by atoms with E-state index < -0.39 is 5.41 Å². The number of nitrogens with one attached hydrogen (secondary N) is 1. The second-order valence-electron chi connectivity index (χ2n) is 5.32. The van der Waals surface area contributed by atoms with Crippen LogP contribution in [0.1, 0.15) is 24.0 Å². The average Bonchev–Trinajstić information content (AvgIpc) is 3.32. The van der Waals surface area contributed by atoms with Gasteiger partial charge in [0.15, 0.2) is 0 Å². The van der Waals surface area contributed by atoms with Gasteiger partial charge in [0.25, 0.3) is 0 Å². The molecule has 1 fully saturated rings. The number of hydrogen-bond acceptors (Lipinski definition) is 3. The SMILES string of the molecule is N#Cc1ccc(NC(=O)C2(c3ccccc3)CC2)c(N)c1. The lowest BCUT2D eigenvalue weighted by atomic mass is 9.95. The molecule has 3 N–H and O–H groups in total. The Morgan fingerprint density at radius 3 is 2.48 bits per heavy atom. The van der Waals surface area contributed by atoms with Crippen LogP contribution in [-0.2, 0) is 10.2 Å². The molecule has 2 aromatic rings. The first kappa shape index (κ1) is 13.2. The number of nitrogen functional groups attached to an aromatic ring is 1. The molecule has 0 aromatic heterocycles. The van der Waals surface area contributed by atoms with E-state index >= 15 is 0 Å². The lowest BCUT2D eigenvalue weighted by molar-refractivity contribution is -0.118. The molecule has 0 spiro atoms. The highest BCUT2D eigenvalue weighted by atomic mass is 16.2. The van der Waals surface area contributed by atoms with Crippen LogP contribution in [0.3, 0.4) is 0 Å². The van der Waals surface area contributed by atoms with Crippen molar-refractivity contribution in [3.63, 3.8) is 0 Å². The number of anilines is 2. The van der Waals surface area contributed by atoms with E-state index in [1.54, 1.807) is 18.2 Å². The summed E-state index contributed by atoms with van der Waals surface area (Å²) in [5.41, 5.74) is 7.94. The van der Waals surface area contributed by atoms with Gasteiger partial charge in [-0.05, 0) is 36.6 Å². The van der Waals surface area contributed by atoms with Gasteiger partial charge in [0, 0.05) is 0 Å². The van der Waals surface area contributed by atoms with Crippen LogP contribution in [0.4, 0.5) is 11.4 Å². The lowest BCUT2D eigenvalue weighted by Crippen LogP contribution is -2.28. The number of carbonyl (C=O) groups is 1. The normalized spacial score (nSPS) is 15.0. The minimum absolute atomic E-state index is 0.0369. The molecular weight excluding hydrogens is 262 g/mol. The molecule has 0 bridgehead atoms. The fourth-order valence-corrected chi connectivity index (χ4v) is 2.52. The average molecular weight is 277 g/mol. The summed E-state index contributed by atoms with van der Waals surface area (Å²) in [6.07, 6.45) is 1.69. The molecule has 0 radical (unpaired) electrons. The number of nitrogens with zero attached hydrogens (tertiary/aromatic N) is 1. The van der Waals surface area contributed by atoms with Crippen molar-refractivity contribution >= 4 is 17.3 Å². The third kappa shape index (κ3) is 2.34. The third-order valence-electron chi connectivity index (χ3n) is 3.94. The maximum Gasteiger partial charge on any atom is 0.235 e. The van der Waals surface area contributed by atoms with Gasteiger partial charge < -0.3 is 11.1 Å². The Balaban J connectivity index is 1.83. The topological polar surface area (TPSA) is 78.9 Å². The summed E-state index contributed by atoms with van der Waals surface area (Å²) in [5, 5.41) is 11.7. The van der Waals surface area contributed by atoms with Crippen LogP contribution in [0.25, 0.3) is 0 Å². The Hall–Kier alpha value is -2.80. The Labute approximate surface area is 123 Å². The monoisotopic (exact) mass is 277 g/mol. The molecule has 0 atom stereocenters. The van der Waals surface area contributed by atoms with Crippen molar-refractivity contribution in [2.75, 3.05) is 11.1 Å². The molecular formula is C17H15N3O. The van der Waals surface area contributed by atoms with Gasteiger partial charge in [-0.2, -0.15) is 5.26 Å². The lowest BCUT2D eigenvalue weighted by Gasteiger charge is -2.16. The highest BCUT2D eigenvalue weighted by Gasteiger charge is 2.51. The molecule has 0 unspecified atom stereocenters. The van der Waals surface area contributed by atoms with E-state index in [0.29, 0.717) is 16.9 Å². The molecule has 104 valence electrons. The van der Waals surface area contributed by atoms with Crippen molar-refractivity contribution < 1.29 is 4.79 Å². The number of hydrogen-bond donors (Lipinski definition) is 2. The van der Waals surface area contributed by atoms with E-state index in [1.807, 2.05) is 36.4 Å². The van der Waals surface area contributed by atoms with Crippen molar-refractivity contribution in [2.24, 2.45) is 0 Å². The van der Waals surface area contributed by atoms with E-state index in [-0.39, 0.29) is 5.91 Å². The van der Waals surface area contributed by atoms with Crippen molar-refractivity contribution in [2.45, 2.75) is 18.3 Å². The van der Waals surface area contributed by atoms with Gasteiger partial charge in [0.05, 0.1) is 28.4 Å². The maximum absolute atomic E-state index is 12.6. The largest absolute Gasteiger partial charge is 0.397 e. The van der Waals surface area contributed by atoms with Gasteiger partial charge in [-0.25, -0.2) is 0 Å². The zero-order valence-electron chi connectivity index (χ0n) is 11.5. The summed E-state index contributed by atoms with van der Waals surface area (Å²) in [6, 6.07) is 16.7. The van der Waals surface area contributed by atoms with E-state index in [4.69, 9.17) is 11.0 Å². The molecule has 0 heterocycles. The van der Waals surface area contributed by atoms with E-state index in [0.717, 1.165) is 18.4 Å². The number of benzene rings is 2. The molecule has 0 aliphatic heterocycles. The molecule has 21 heavy (non-hydrogen) atoms. The smallest absolute Gasteiger partial charge is 0.235 e. The number of nitrogens with two attached hydrogens (primary N) is 1. The van der Waals surface area contributed by atoms with E-state index in [2.05, 4.69) is 5.32 Å². The zero-order valence-corrected chi connectivity index (χ0v) is 11.5. The molecule has 1 amide bonds. The quantitative estimate of drug-likeness (QED) is 0.847. The van der Waals surface area contributed by atoms with Crippen LogP contribution in [-0.4, -0.2) is 5.91 Å².